The summed E-state index contributed by atoms with van der Waals surface area (Å²) in [6.07, 6.45) is 0. The Kier molecular flexibility index (Phi) is 4.19. The zero-order valence-electron chi connectivity index (χ0n) is 10.00. The number of rotatable bonds is 2. The topological polar surface area (TPSA) is 15.3 Å². The highest BCUT2D eigenvalue weighted by Crippen LogP contribution is 2.37. The van der Waals surface area contributed by atoms with Crippen molar-refractivity contribution >= 4 is 11.8 Å². The average molecular weight is 276 g/mol. The molecule has 1 fully saturated rings. The van der Waals surface area contributed by atoms with Crippen LogP contribution in [0.3, 0.4) is 0 Å². The van der Waals surface area contributed by atoms with Crippen LogP contribution in [0.25, 0.3) is 0 Å². The minimum atomic E-state index is -4.22. The Bertz CT molecular complexity index is 391. The van der Waals surface area contributed by atoms with Gasteiger partial charge in [0.2, 0.25) is 0 Å². The summed E-state index contributed by atoms with van der Waals surface area (Å²) < 4.78 is 36.6. The van der Waals surface area contributed by atoms with Crippen molar-refractivity contribution < 1.29 is 13.2 Å². The van der Waals surface area contributed by atoms with Crippen LogP contribution in [0, 0.1) is 0 Å². The summed E-state index contributed by atoms with van der Waals surface area (Å²) in [7, 11) is 2.03. The van der Waals surface area contributed by atoms with Gasteiger partial charge in [-0.15, -0.1) is 0 Å². The number of alkyl halides is 3. The maximum atomic E-state index is 12.2. The monoisotopic (exact) mass is 276 g/mol. The molecule has 1 atom stereocenters. The molecule has 1 unspecified atom stereocenters. The zero-order chi connectivity index (χ0) is 13.2. The third-order valence-corrected chi connectivity index (χ3v) is 3.75. The number of nitrogens with zero attached hydrogens (tertiary/aromatic N) is 1. The molecule has 1 saturated heterocycles. The van der Waals surface area contributed by atoms with Gasteiger partial charge < -0.3 is 5.32 Å². The van der Waals surface area contributed by atoms with Gasteiger partial charge in [-0.05, 0) is 36.5 Å². The second kappa shape index (κ2) is 5.50. The van der Waals surface area contributed by atoms with E-state index in [0.717, 1.165) is 25.2 Å². The quantitative estimate of drug-likeness (QED) is 0.836. The third-order valence-electron chi connectivity index (χ3n) is 3.01. The molecule has 1 aromatic carbocycles. The lowest BCUT2D eigenvalue weighted by Crippen LogP contribution is -2.43. The van der Waals surface area contributed by atoms with Crippen molar-refractivity contribution in [3.8, 4) is 0 Å². The van der Waals surface area contributed by atoms with Crippen LogP contribution in [0.4, 0.5) is 13.2 Å². The molecule has 1 N–H and O–H groups in total. The predicted molar refractivity (Wildman–Crippen MR) is 66.6 cm³/mol. The van der Waals surface area contributed by atoms with E-state index in [1.54, 1.807) is 12.1 Å². The van der Waals surface area contributed by atoms with E-state index in [-0.39, 0.29) is 22.7 Å². The van der Waals surface area contributed by atoms with E-state index in [9.17, 15) is 13.2 Å². The van der Waals surface area contributed by atoms with Crippen molar-refractivity contribution in [3.63, 3.8) is 0 Å². The number of halogens is 3. The van der Waals surface area contributed by atoms with E-state index in [4.69, 9.17) is 0 Å². The molecule has 2 nitrogen and oxygen atoms in total. The summed E-state index contributed by atoms with van der Waals surface area (Å²) in [5.74, 6) is 0. The highest BCUT2D eigenvalue weighted by molar-refractivity contribution is 8.00. The number of likely N-dealkylation sites (N-methyl/N-ethyl adjacent to an activating group) is 1. The van der Waals surface area contributed by atoms with Gasteiger partial charge in [0, 0.05) is 30.6 Å². The third kappa shape index (κ3) is 3.63. The number of benzene rings is 1. The van der Waals surface area contributed by atoms with Crippen LogP contribution in [0.2, 0.25) is 0 Å². The number of nitrogens with one attached hydrogen (secondary N) is 1. The van der Waals surface area contributed by atoms with E-state index < -0.39 is 5.51 Å². The van der Waals surface area contributed by atoms with Crippen LogP contribution in [0.15, 0.2) is 29.2 Å². The molecule has 0 saturated carbocycles. The molecule has 0 radical (unpaired) electrons. The van der Waals surface area contributed by atoms with E-state index in [1.165, 1.54) is 12.1 Å². The van der Waals surface area contributed by atoms with Crippen molar-refractivity contribution in [3.05, 3.63) is 29.8 Å². The number of piperazine rings is 1. The second-order valence-corrected chi connectivity index (χ2v) is 5.46. The largest absolute Gasteiger partial charge is 0.446 e. The van der Waals surface area contributed by atoms with Gasteiger partial charge in [-0.3, -0.25) is 4.90 Å². The van der Waals surface area contributed by atoms with Gasteiger partial charge in [0.1, 0.15) is 0 Å². The molecule has 0 amide bonds. The molecule has 0 aromatic heterocycles. The van der Waals surface area contributed by atoms with Crippen LogP contribution < -0.4 is 5.32 Å². The predicted octanol–water partition coefficient (Wildman–Crippen LogP) is 2.87. The molecular weight excluding hydrogens is 261 g/mol. The van der Waals surface area contributed by atoms with Crippen LogP contribution in [0.1, 0.15) is 11.6 Å². The van der Waals surface area contributed by atoms with E-state index >= 15 is 0 Å². The van der Waals surface area contributed by atoms with Gasteiger partial charge in [0.25, 0.3) is 0 Å². The van der Waals surface area contributed by atoms with Crippen LogP contribution in [-0.4, -0.2) is 37.1 Å². The van der Waals surface area contributed by atoms with Crippen molar-refractivity contribution in [2.45, 2.75) is 16.4 Å². The minimum absolute atomic E-state index is 0.0723. The zero-order valence-corrected chi connectivity index (χ0v) is 10.8. The lowest BCUT2D eigenvalue weighted by Gasteiger charge is -2.33. The van der Waals surface area contributed by atoms with Crippen LogP contribution in [-0.2, 0) is 0 Å². The summed E-state index contributed by atoms with van der Waals surface area (Å²) >= 11 is -0.0723. The number of thioether (sulfide) groups is 1. The first-order valence-corrected chi connectivity index (χ1v) is 6.54. The Morgan fingerprint density at radius 3 is 2.50 bits per heavy atom. The molecule has 100 valence electrons. The van der Waals surface area contributed by atoms with E-state index in [0.29, 0.717) is 0 Å². The van der Waals surface area contributed by atoms with Gasteiger partial charge in [-0.1, -0.05) is 12.1 Å². The fourth-order valence-corrected chi connectivity index (χ4v) is 2.61. The summed E-state index contributed by atoms with van der Waals surface area (Å²) in [5, 5.41) is 3.29. The molecule has 2 rings (SSSR count). The Balaban J connectivity index is 2.07. The molecule has 1 aliphatic heterocycles. The van der Waals surface area contributed by atoms with Crippen molar-refractivity contribution in [1.29, 1.82) is 0 Å². The summed E-state index contributed by atoms with van der Waals surface area (Å²) in [5.41, 5.74) is -3.17. The number of hydrogen-bond donors (Lipinski definition) is 1. The van der Waals surface area contributed by atoms with Gasteiger partial charge in [0.15, 0.2) is 0 Å². The van der Waals surface area contributed by atoms with E-state index in [2.05, 4.69) is 10.2 Å². The molecule has 1 aliphatic rings. The molecule has 18 heavy (non-hydrogen) atoms. The van der Waals surface area contributed by atoms with Crippen LogP contribution in [0.5, 0.6) is 0 Å². The van der Waals surface area contributed by atoms with Crippen molar-refractivity contribution in [2.24, 2.45) is 0 Å². The fraction of sp³-hybridized carbons (Fsp3) is 0.500. The smallest absolute Gasteiger partial charge is 0.314 e. The Labute approximate surface area is 109 Å². The first-order chi connectivity index (χ1) is 8.46. The lowest BCUT2D eigenvalue weighted by atomic mass is 10.0. The summed E-state index contributed by atoms with van der Waals surface area (Å²) in [6.45, 7) is 2.74. The molecular formula is C12H15F3N2S. The summed E-state index contributed by atoms with van der Waals surface area (Å²) in [6, 6.07) is 6.87. The average Bonchev–Trinajstić information content (AvgIpc) is 2.29. The number of hydrogen-bond acceptors (Lipinski definition) is 3. The normalized spacial score (nSPS) is 22.1. The first kappa shape index (κ1) is 13.7. The molecule has 0 bridgehead atoms. The Morgan fingerprint density at radius 2 is 1.94 bits per heavy atom. The van der Waals surface area contributed by atoms with Crippen molar-refractivity contribution in [2.75, 3.05) is 26.7 Å². The van der Waals surface area contributed by atoms with Crippen LogP contribution >= 0.6 is 11.8 Å². The standard InChI is InChI=1S/C12H15F3N2S/c1-17-7-6-16-8-11(17)9-2-4-10(5-3-9)18-12(13,14)15/h2-5,11,16H,6-8H2,1H3. The minimum Gasteiger partial charge on any atom is -0.314 e. The second-order valence-electron chi connectivity index (χ2n) is 4.32. The molecule has 6 heteroatoms. The summed E-state index contributed by atoms with van der Waals surface area (Å²) in [4.78, 5) is 2.44. The maximum absolute atomic E-state index is 12.2. The molecule has 1 heterocycles. The van der Waals surface area contributed by atoms with E-state index in [1.807, 2.05) is 7.05 Å². The van der Waals surface area contributed by atoms with Gasteiger partial charge in [-0.25, -0.2) is 0 Å². The molecule has 0 spiro atoms. The highest BCUT2D eigenvalue weighted by atomic mass is 32.2. The fourth-order valence-electron chi connectivity index (χ4n) is 2.07. The highest BCUT2D eigenvalue weighted by Gasteiger charge is 2.29. The SMILES string of the molecule is CN1CCNCC1c1ccc(SC(F)(F)F)cc1. The maximum Gasteiger partial charge on any atom is 0.446 e. The Hall–Kier alpha value is -0.720. The molecule has 1 aromatic rings. The Morgan fingerprint density at radius 1 is 1.28 bits per heavy atom. The van der Waals surface area contributed by atoms with Gasteiger partial charge in [0.05, 0.1) is 0 Å². The first-order valence-electron chi connectivity index (χ1n) is 5.72. The van der Waals surface area contributed by atoms with Gasteiger partial charge in [-0.2, -0.15) is 13.2 Å². The molecule has 0 aliphatic carbocycles. The van der Waals surface area contributed by atoms with Gasteiger partial charge >= 0.3 is 5.51 Å². The lowest BCUT2D eigenvalue weighted by molar-refractivity contribution is -0.0328. The van der Waals surface area contributed by atoms with Crippen molar-refractivity contribution in [1.82, 2.24) is 10.2 Å².